The van der Waals surface area contributed by atoms with Gasteiger partial charge >= 0.3 is 12.1 Å². The minimum Gasteiger partial charge on any atom is -0.337 e. The maximum atomic E-state index is 11.7. The quantitative estimate of drug-likeness (QED) is 0.266. The predicted octanol–water partition coefficient (Wildman–Crippen LogP) is 3.73. The zero-order valence-electron chi connectivity index (χ0n) is 23.3. The molecule has 0 radical (unpaired) electrons. The summed E-state index contributed by atoms with van der Waals surface area (Å²) in [5.74, 6) is 2.81. The lowest BCUT2D eigenvalue weighted by molar-refractivity contribution is 0.251. The number of nitrogens with one attached hydrogen (secondary N) is 3. The molecule has 15 heteroatoms. The van der Waals surface area contributed by atoms with Gasteiger partial charge in [-0.1, -0.05) is 12.1 Å². The van der Waals surface area contributed by atoms with Crippen LogP contribution in [-0.4, -0.2) is 77.1 Å². The van der Waals surface area contributed by atoms with Crippen molar-refractivity contribution in [3.05, 3.63) is 49.1 Å². The number of hydrogen-bond acceptors (Lipinski definition) is 8. The number of hydrogen-bond donors (Lipinski definition) is 3. The van der Waals surface area contributed by atoms with Crippen LogP contribution in [0.15, 0.2) is 49.1 Å². The minimum atomic E-state index is -0.342. The van der Waals surface area contributed by atoms with Crippen molar-refractivity contribution in [3.63, 3.8) is 0 Å². The summed E-state index contributed by atoms with van der Waals surface area (Å²) >= 11 is 5.51. The topological polar surface area (TPSA) is 161 Å². The fourth-order valence-corrected chi connectivity index (χ4v) is 4.04. The molecule has 4 aromatic heterocycles. The normalized spacial score (nSPS) is 12.8. The first kappa shape index (κ1) is 29.4. The van der Waals surface area contributed by atoms with Gasteiger partial charge in [0.05, 0.1) is 0 Å². The van der Waals surface area contributed by atoms with Crippen molar-refractivity contribution in [2.24, 2.45) is 0 Å². The highest BCUT2D eigenvalue weighted by Gasteiger charge is 2.23. The first-order chi connectivity index (χ1) is 19.8. The lowest BCUT2D eigenvalue weighted by Gasteiger charge is -2.14. The van der Waals surface area contributed by atoms with Crippen molar-refractivity contribution in [1.82, 2.24) is 50.1 Å². The summed E-state index contributed by atoms with van der Waals surface area (Å²) in [5.41, 5.74) is 1.37. The van der Waals surface area contributed by atoms with Gasteiger partial charge < -0.3 is 19.8 Å². The molecule has 4 aromatic rings. The number of rotatable bonds is 8. The highest BCUT2D eigenvalue weighted by atomic mass is 35.5. The van der Waals surface area contributed by atoms with E-state index in [1.54, 1.807) is 29.7 Å². The van der Waals surface area contributed by atoms with Gasteiger partial charge in [-0.25, -0.2) is 19.6 Å². The fourth-order valence-electron chi connectivity index (χ4n) is 3.95. The first-order valence-corrected chi connectivity index (χ1v) is 13.7. The highest BCUT2D eigenvalue weighted by molar-refractivity contribution is 6.18. The van der Waals surface area contributed by atoms with Crippen molar-refractivity contribution < 1.29 is 9.59 Å². The average Bonchev–Trinajstić information content (AvgIpc) is 3.73. The van der Waals surface area contributed by atoms with Gasteiger partial charge in [0.25, 0.3) is 0 Å². The van der Waals surface area contributed by atoms with Crippen LogP contribution in [0, 0.1) is 0 Å². The summed E-state index contributed by atoms with van der Waals surface area (Å²) < 4.78 is 3.87. The van der Waals surface area contributed by atoms with Crippen LogP contribution in [0.2, 0.25) is 0 Å². The Morgan fingerprint density at radius 3 is 2.12 bits per heavy atom. The third kappa shape index (κ3) is 7.33. The summed E-state index contributed by atoms with van der Waals surface area (Å²) in [5, 5.41) is 24.1. The second-order valence-electron chi connectivity index (χ2n) is 9.55. The van der Waals surface area contributed by atoms with Crippen molar-refractivity contribution in [2.75, 3.05) is 35.7 Å². The summed E-state index contributed by atoms with van der Waals surface area (Å²) in [4.78, 5) is 33.8. The molecule has 3 N–H and O–H groups in total. The van der Waals surface area contributed by atoms with E-state index in [4.69, 9.17) is 11.6 Å². The van der Waals surface area contributed by atoms with E-state index in [1.807, 2.05) is 47.2 Å². The van der Waals surface area contributed by atoms with E-state index >= 15 is 0 Å². The van der Waals surface area contributed by atoms with Gasteiger partial charge in [-0.05, 0) is 52.0 Å². The van der Waals surface area contributed by atoms with Crippen LogP contribution in [-0.2, 0) is 0 Å². The molecule has 0 atom stereocenters. The van der Waals surface area contributed by atoms with Crippen molar-refractivity contribution >= 4 is 35.3 Å². The molecule has 0 bridgehead atoms. The molecule has 4 amide bonds. The number of pyridine rings is 2. The summed E-state index contributed by atoms with van der Waals surface area (Å²) in [7, 11) is 0. The number of amides is 4. The Balaban J connectivity index is 0.000000189. The molecule has 5 rings (SSSR count). The van der Waals surface area contributed by atoms with Gasteiger partial charge in [0.15, 0.2) is 11.6 Å². The molecule has 5 heterocycles. The molecule has 1 fully saturated rings. The molecule has 41 heavy (non-hydrogen) atoms. The van der Waals surface area contributed by atoms with E-state index in [-0.39, 0.29) is 24.1 Å². The predicted molar refractivity (Wildman–Crippen MR) is 156 cm³/mol. The van der Waals surface area contributed by atoms with Crippen LogP contribution < -0.4 is 20.9 Å². The van der Waals surface area contributed by atoms with E-state index in [9.17, 15) is 9.59 Å². The van der Waals surface area contributed by atoms with Crippen LogP contribution in [0.5, 0.6) is 0 Å². The number of carbonyl (C=O) groups is 2. The molecule has 0 unspecified atom stereocenters. The molecule has 0 spiro atoms. The maximum Gasteiger partial charge on any atom is 0.323 e. The van der Waals surface area contributed by atoms with E-state index in [2.05, 4.69) is 60.2 Å². The molecule has 1 aliphatic heterocycles. The SMILES string of the molecule is CC(C)n1cnnc1-c1cccc(N2CCNC2=O)n1.CC(C)n1cnnc1-c1cccc(NC(=O)NCCCl)n1. The Kier molecular flexibility index (Phi) is 9.79. The van der Waals surface area contributed by atoms with E-state index in [0.29, 0.717) is 60.2 Å². The Bertz CT molecular complexity index is 1470. The zero-order chi connectivity index (χ0) is 29.4. The Hall–Kier alpha value is -4.59. The van der Waals surface area contributed by atoms with E-state index in [1.165, 1.54) is 0 Å². The van der Waals surface area contributed by atoms with Crippen LogP contribution in [0.4, 0.5) is 21.2 Å². The number of nitrogens with zero attached hydrogens (tertiary/aromatic N) is 9. The number of anilines is 2. The molecule has 0 aliphatic carbocycles. The molecule has 14 nitrogen and oxygen atoms in total. The molecular weight excluding hydrogens is 548 g/mol. The van der Waals surface area contributed by atoms with E-state index in [0.717, 1.165) is 0 Å². The highest BCUT2D eigenvalue weighted by Crippen LogP contribution is 2.22. The van der Waals surface area contributed by atoms with Crippen molar-refractivity contribution in [3.8, 4) is 23.0 Å². The number of carbonyl (C=O) groups excluding carboxylic acids is 2. The minimum absolute atomic E-state index is 0.111. The largest absolute Gasteiger partial charge is 0.337 e. The van der Waals surface area contributed by atoms with Gasteiger partial charge in [-0.2, -0.15) is 0 Å². The molecule has 1 aliphatic rings. The van der Waals surface area contributed by atoms with Crippen molar-refractivity contribution in [2.45, 2.75) is 39.8 Å². The summed E-state index contributed by atoms with van der Waals surface area (Å²) in [6, 6.07) is 10.9. The molecule has 0 saturated carbocycles. The third-order valence-electron chi connectivity index (χ3n) is 5.96. The average molecular weight is 581 g/mol. The third-order valence-corrected chi connectivity index (χ3v) is 6.14. The van der Waals surface area contributed by atoms with Crippen LogP contribution in [0.25, 0.3) is 23.0 Å². The smallest absolute Gasteiger partial charge is 0.323 e. The van der Waals surface area contributed by atoms with Crippen molar-refractivity contribution in [1.29, 1.82) is 0 Å². The molecule has 216 valence electrons. The first-order valence-electron chi connectivity index (χ1n) is 13.2. The summed E-state index contributed by atoms with van der Waals surface area (Å²) in [6.45, 7) is 9.87. The van der Waals surface area contributed by atoms with Gasteiger partial charge in [0, 0.05) is 37.6 Å². The van der Waals surface area contributed by atoms with Gasteiger partial charge in [-0.15, -0.1) is 32.0 Å². The molecule has 0 aromatic carbocycles. The van der Waals surface area contributed by atoms with Gasteiger partial charge in [-0.3, -0.25) is 10.2 Å². The molecule has 1 saturated heterocycles. The number of alkyl halides is 1. The Labute approximate surface area is 242 Å². The van der Waals surface area contributed by atoms with Gasteiger partial charge in [0.2, 0.25) is 0 Å². The Morgan fingerprint density at radius 1 is 0.951 bits per heavy atom. The maximum absolute atomic E-state index is 11.7. The number of urea groups is 2. The standard InChI is InChI=1S/C13H17ClN6O.C13H16N6O/c1-9(2)20-8-16-19-12(20)10-4-3-5-11(17-10)18-13(21)15-7-6-14;1-9(2)19-8-15-17-12(19)10-4-3-5-11(16-10)18-7-6-14-13(18)20/h3-5,8-9H,6-7H2,1-2H3,(H2,15,17,18,21);3-5,8-9H,6-7H2,1-2H3,(H,14,20). The van der Waals surface area contributed by atoms with Crippen LogP contribution in [0.1, 0.15) is 39.8 Å². The summed E-state index contributed by atoms with van der Waals surface area (Å²) in [6.07, 6.45) is 3.35. The zero-order valence-corrected chi connectivity index (χ0v) is 24.1. The van der Waals surface area contributed by atoms with Crippen LogP contribution in [0.3, 0.4) is 0 Å². The second kappa shape index (κ2) is 13.7. The van der Waals surface area contributed by atoms with Crippen LogP contribution >= 0.6 is 11.6 Å². The Morgan fingerprint density at radius 2 is 1.56 bits per heavy atom. The number of halogens is 1. The fraction of sp³-hybridized carbons (Fsp3) is 0.385. The van der Waals surface area contributed by atoms with E-state index < -0.39 is 0 Å². The molecular formula is C26H33ClN12O2. The lowest BCUT2D eigenvalue weighted by atomic mass is 10.3. The van der Waals surface area contributed by atoms with Gasteiger partial charge in [0.1, 0.15) is 35.7 Å². The lowest BCUT2D eigenvalue weighted by Crippen LogP contribution is -2.30. The number of aromatic nitrogens is 8. The second-order valence-corrected chi connectivity index (χ2v) is 9.93. The monoisotopic (exact) mass is 580 g/mol.